The van der Waals surface area contributed by atoms with Gasteiger partial charge in [-0.05, 0) is 29.5 Å². The molecule has 150 valence electrons. The molecule has 2 heterocycles. The maximum atomic E-state index is 14.1. The smallest absolute Gasteiger partial charge is 0.331 e. The number of hydrogen-bond donors (Lipinski definition) is 1. The van der Waals surface area contributed by atoms with E-state index in [9.17, 15) is 14.0 Å². The molecule has 0 aliphatic carbocycles. The van der Waals surface area contributed by atoms with Crippen LogP contribution in [0.25, 0.3) is 4.85 Å². The Morgan fingerprint density at radius 3 is 2.59 bits per heavy atom. The van der Waals surface area contributed by atoms with Crippen LogP contribution in [0.3, 0.4) is 0 Å². The molecular formula is C20H20FN5O3. The number of anilines is 1. The number of hydrogen-bond acceptors (Lipinski definition) is 5. The molecular weight excluding hydrogens is 377 g/mol. The van der Waals surface area contributed by atoms with Crippen LogP contribution in [0.15, 0.2) is 24.3 Å². The third-order valence-corrected chi connectivity index (χ3v) is 4.40. The molecule has 1 aromatic carbocycles. The van der Waals surface area contributed by atoms with Crippen LogP contribution in [-0.2, 0) is 10.2 Å². The number of ether oxygens (including phenoxy) is 1. The van der Waals surface area contributed by atoms with E-state index in [2.05, 4.69) is 20.1 Å². The van der Waals surface area contributed by atoms with Crippen LogP contribution in [0.1, 0.15) is 39.7 Å². The molecule has 1 atom stereocenters. The Labute approximate surface area is 167 Å². The van der Waals surface area contributed by atoms with Gasteiger partial charge >= 0.3 is 6.03 Å². The molecule has 0 saturated carbocycles. The predicted octanol–water partition coefficient (Wildman–Crippen LogP) is 4.09. The Kier molecular flexibility index (Phi) is 5.20. The SMILES string of the molecule is [C-]#[N+]c1ccc(Oc2cc(F)nc(N3C(=O)N[C@H](CC)C3=O)n2)c(C(C)(C)C)c1. The average Bonchev–Trinajstić information content (AvgIpc) is 2.94. The van der Waals surface area contributed by atoms with Crippen molar-refractivity contribution in [2.75, 3.05) is 4.90 Å². The summed E-state index contributed by atoms with van der Waals surface area (Å²) in [7, 11) is 0. The van der Waals surface area contributed by atoms with Crippen LogP contribution >= 0.6 is 0 Å². The van der Waals surface area contributed by atoms with Gasteiger partial charge in [0.1, 0.15) is 11.8 Å². The van der Waals surface area contributed by atoms with Crippen molar-refractivity contribution < 1.29 is 18.7 Å². The van der Waals surface area contributed by atoms with E-state index < -0.39 is 29.9 Å². The summed E-state index contributed by atoms with van der Waals surface area (Å²) in [6.07, 6.45) is 0.391. The number of halogens is 1. The van der Waals surface area contributed by atoms with Crippen molar-refractivity contribution in [2.24, 2.45) is 0 Å². The lowest BCUT2D eigenvalue weighted by atomic mass is 9.86. The molecule has 1 aliphatic rings. The fourth-order valence-electron chi connectivity index (χ4n) is 2.91. The molecule has 1 aliphatic heterocycles. The number of amides is 3. The summed E-state index contributed by atoms with van der Waals surface area (Å²) in [6, 6.07) is 4.44. The molecule has 29 heavy (non-hydrogen) atoms. The molecule has 0 unspecified atom stereocenters. The van der Waals surface area contributed by atoms with E-state index in [1.807, 2.05) is 20.8 Å². The summed E-state index contributed by atoms with van der Waals surface area (Å²) >= 11 is 0. The number of benzene rings is 1. The second-order valence-corrected chi connectivity index (χ2v) is 7.56. The van der Waals surface area contributed by atoms with E-state index >= 15 is 0 Å². The van der Waals surface area contributed by atoms with Crippen molar-refractivity contribution in [3.05, 3.63) is 47.2 Å². The highest BCUT2D eigenvalue weighted by molar-refractivity contribution is 6.20. The van der Waals surface area contributed by atoms with Crippen LogP contribution in [0.4, 0.5) is 20.8 Å². The minimum atomic E-state index is -0.944. The van der Waals surface area contributed by atoms with Crippen LogP contribution in [-0.4, -0.2) is 27.9 Å². The second kappa shape index (κ2) is 7.47. The Hall–Kier alpha value is -3.54. The number of imide groups is 1. The highest BCUT2D eigenvalue weighted by atomic mass is 19.1. The van der Waals surface area contributed by atoms with E-state index in [1.54, 1.807) is 25.1 Å². The minimum absolute atomic E-state index is 0.158. The molecule has 8 nitrogen and oxygen atoms in total. The van der Waals surface area contributed by atoms with Crippen LogP contribution in [0, 0.1) is 12.5 Å². The molecule has 1 N–H and O–H groups in total. The lowest BCUT2D eigenvalue weighted by Crippen LogP contribution is -2.33. The average molecular weight is 397 g/mol. The summed E-state index contributed by atoms with van der Waals surface area (Å²) in [6.45, 7) is 14.8. The monoisotopic (exact) mass is 397 g/mol. The van der Waals surface area contributed by atoms with E-state index in [4.69, 9.17) is 11.3 Å². The van der Waals surface area contributed by atoms with Gasteiger partial charge in [-0.1, -0.05) is 33.8 Å². The first-order valence-electron chi connectivity index (χ1n) is 9.03. The van der Waals surface area contributed by atoms with Gasteiger partial charge in [0.05, 0.1) is 12.6 Å². The fraction of sp³-hybridized carbons (Fsp3) is 0.350. The van der Waals surface area contributed by atoms with E-state index in [0.29, 0.717) is 22.8 Å². The standard InChI is InChI=1S/C20H20FN5O3/c1-6-13-17(27)26(19(28)23-13)18-24-15(21)10-16(25-18)29-14-8-7-11(22-5)9-12(14)20(2,3)4/h7-10,13H,6H2,1-4H3,(H,23,28)/t13-/m1/s1. The summed E-state index contributed by atoms with van der Waals surface area (Å²) in [5, 5.41) is 2.50. The van der Waals surface area contributed by atoms with E-state index in [1.165, 1.54) is 0 Å². The number of carbonyl (C=O) groups is 2. The molecule has 9 heteroatoms. The van der Waals surface area contributed by atoms with Crippen molar-refractivity contribution in [1.29, 1.82) is 0 Å². The summed E-state index contributed by atoms with van der Waals surface area (Å²) in [4.78, 5) is 36.2. The Morgan fingerprint density at radius 1 is 1.28 bits per heavy atom. The van der Waals surface area contributed by atoms with Crippen molar-refractivity contribution in [3.8, 4) is 11.6 Å². The Morgan fingerprint density at radius 2 is 2.00 bits per heavy atom. The third kappa shape index (κ3) is 4.01. The largest absolute Gasteiger partial charge is 0.439 e. The van der Waals surface area contributed by atoms with Crippen LogP contribution < -0.4 is 15.0 Å². The zero-order chi connectivity index (χ0) is 21.3. The number of carbonyl (C=O) groups excluding carboxylic acids is 2. The highest BCUT2D eigenvalue weighted by Gasteiger charge is 2.40. The number of urea groups is 1. The number of aromatic nitrogens is 2. The molecule has 0 spiro atoms. The number of nitrogens with zero attached hydrogens (tertiary/aromatic N) is 4. The van der Waals surface area contributed by atoms with Gasteiger partial charge < -0.3 is 10.1 Å². The molecule has 3 rings (SSSR count). The van der Waals surface area contributed by atoms with Crippen molar-refractivity contribution in [2.45, 2.75) is 45.6 Å². The lowest BCUT2D eigenvalue weighted by Gasteiger charge is -2.23. The molecule has 3 amide bonds. The van der Waals surface area contributed by atoms with Crippen molar-refractivity contribution in [1.82, 2.24) is 15.3 Å². The van der Waals surface area contributed by atoms with Gasteiger partial charge in [0, 0.05) is 0 Å². The third-order valence-electron chi connectivity index (χ3n) is 4.40. The normalized spacial score (nSPS) is 16.6. The summed E-state index contributed by atoms with van der Waals surface area (Å²) in [5.74, 6) is -1.66. The molecule has 0 bridgehead atoms. The van der Waals surface area contributed by atoms with Gasteiger partial charge in [-0.2, -0.15) is 19.3 Å². The Bertz CT molecular complexity index is 1030. The topological polar surface area (TPSA) is 88.8 Å². The second-order valence-electron chi connectivity index (χ2n) is 7.56. The maximum absolute atomic E-state index is 14.1. The number of rotatable bonds is 4. The summed E-state index contributed by atoms with van der Waals surface area (Å²) in [5.41, 5.74) is 0.818. The fourth-order valence-corrected chi connectivity index (χ4v) is 2.91. The van der Waals surface area contributed by atoms with Gasteiger partial charge in [0.2, 0.25) is 17.8 Å². The first-order chi connectivity index (χ1) is 13.6. The van der Waals surface area contributed by atoms with Crippen molar-refractivity contribution >= 4 is 23.6 Å². The molecule has 2 aromatic rings. The van der Waals surface area contributed by atoms with Gasteiger partial charge in [-0.25, -0.2) is 9.64 Å². The first kappa shape index (κ1) is 20.2. The summed E-state index contributed by atoms with van der Waals surface area (Å²) < 4.78 is 19.9. The maximum Gasteiger partial charge on any atom is 0.331 e. The van der Waals surface area contributed by atoms with E-state index in [-0.39, 0.29) is 11.3 Å². The zero-order valence-electron chi connectivity index (χ0n) is 16.5. The molecule has 1 fully saturated rings. The molecule has 1 saturated heterocycles. The van der Waals surface area contributed by atoms with Crippen molar-refractivity contribution in [3.63, 3.8) is 0 Å². The molecule has 1 aromatic heterocycles. The predicted molar refractivity (Wildman–Crippen MR) is 104 cm³/mol. The van der Waals surface area contributed by atoms with Gasteiger partial charge in [-0.15, -0.1) is 0 Å². The highest BCUT2D eigenvalue weighted by Crippen LogP contribution is 2.36. The zero-order valence-corrected chi connectivity index (χ0v) is 16.5. The van der Waals surface area contributed by atoms with Gasteiger partial charge in [0.25, 0.3) is 5.91 Å². The minimum Gasteiger partial charge on any atom is -0.439 e. The first-order valence-corrected chi connectivity index (χ1v) is 9.03. The van der Waals surface area contributed by atoms with E-state index in [0.717, 1.165) is 11.6 Å². The quantitative estimate of drug-likeness (QED) is 0.477. The van der Waals surface area contributed by atoms with Crippen LogP contribution in [0.5, 0.6) is 11.6 Å². The number of nitrogens with one attached hydrogen (secondary N) is 1. The van der Waals surface area contributed by atoms with Crippen LogP contribution in [0.2, 0.25) is 0 Å². The lowest BCUT2D eigenvalue weighted by molar-refractivity contribution is -0.118. The van der Waals surface area contributed by atoms with Gasteiger partial charge in [-0.3, -0.25) is 4.79 Å². The molecule has 0 radical (unpaired) electrons. The Balaban J connectivity index is 2.00. The van der Waals surface area contributed by atoms with Gasteiger partial charge in [0.15, 0.2) is 5.69 Å².